The Morgan fingerprint density at radius 3 is 2.67 bits per heavy atom. The summed E-state index contributed by atoms with van der Waals surface area (Å²) in [5.41, 5.74) is -2.10. The molecule has 0 atom stereocenters. The Balaban J connectivity index is 2.96. The molecule has 98 valence electrons. The summed E-state index contributed by atoms with van der Waals surface area (Å²) >= 11 is 0. The molecule has 1 heterocycles. The molecular weight excluding hydrogens is 244 g/mol. The van der Waals surface area contributed by atoms with E-state index in [1.54, 1.807) is 20.8 Å². The van der Waals surface area contributed by atoms with Crippen LogP contribution in [0, 0.1) is 10.1 Å². The number of nitrogens with zero attached hydrogens (tertiary/aromatic N) is 2. The monoisotopic (exact) mass is 256 g/mol. The topological polar surface area (TPSA) is 127 Å². The first-order valence-electron chi connectivity index (χ1n) is 4.93. The molecule has 0 aliphatic carbocycles. The SMILES string of the molecule is CC(C)(C)OC(=O)Nc1[nH]c(=O)ncc1[N+](=O)[O-]. The molecule has 1 aromatic heterocycles. The number of H-pyrrole nitrogens is 1. The molecule has 0 saturated heterocycles. The molecule has 1 rings (SSSR count). The number of ether oxygens (including phenoxy) is 1. The Hall–Kier alpha value is -2.45. The highest BCUT2D eigenvalue weighted by Gasteiger charge is 2.21. The molecule has 0 radical (unpaired) electrons. The predicted octanol–water partition coefficient (Wildman–Crippen LogP) is 1.03. The van der Waals surface area contributed by atoms with Crippen molar-refractivity contribution in [2.45, 2.75) is 26.4 Å². The molecule has 0 unspecified atom stereocenters. The van der Waals surface area contributed by atoms with E-state index in [-0.39, 0.29) is 5.82 Å². The molecule has 18 heavy (non-hydrogen) atoms. The molecule has 9 nitrogen and oxygen atoms in total. The maximum Gasteiger partial charge on any atom is 0.413 e. The van der Waals surface area contributed by atoms with Crippen LogP contribution in [-0.2, 0) is 4.74 Å². The largest absolute Gasteiger partial charge is 0.444 e. The third-order valence-corrected chi connectivity index (χ3v) is 1.61. The van der Waals surface area contributed by atoms with Gasteiger partial charge in [0.1, 0.15) is 11.8 Å². The molecule has 9 heteroatoms. The Labute approximate surface area is 101 Å². The summed E-state index contributed by atoms with van der Waals surface area (Å²) < 4.78 is 4.90. The summed E-state index contributed by atoms with van der Waals surface area (Å²) in [6.07, 6.45) is -0.154. The maximum absolute atomic E-state index is 11.4. The van der Waals surface area contributed by atoms with Gasteiger partial charge in [0.15, 0.2) is 5.82 Å². The number of aromatic amines is 1. The van der Waals surface area contributed by atoms with Crippen LogP contribution in [0.5, 0.6) is 0 Å². The lowest BCUT2D eigenvalue weighted by molar-refractivity contribution is -0.384. The van der Waals surface area contributed by atoms with Gasteiger partial charge < -0.3 is 4.74 Å². The van der Waals surface area contributed by atoms with Crippen molar-refractivity contribution in [3.63, 3.8) is 0 Å². The molecule has 0 spiro atoms. The third-order valence-electron chi connectivity index (χ3n) is 1.61. The van der Waals surface area contributed by atoms with Crippen LogP contribution in [-0.4, -0.2) is 26.6 Å². The van der Waals surface area contributed by atoms with Gasteiger partial charge in [-0.1, -0.05) is 0 Å². The summed E-state index contributed by atoms with van der Waals surface area (Å²) in [4.78, 5) is 37.5. The van der Waals surface area contributed by atoms with E-state index in [0.29, 0.717) is 0 Å². The standard InChI is InChI=1S/C9H12N4O5/c1-9(2,3)18-8(15)12-6-5(13(16)17)4-10-7(14)11-6/h4H,1-3H3,(H2,10,11,12,14,15). The maximum atomic E-state index is 11.4. The highest BCUT2D eigenvalue weighted by Crippen LogP contribution is 2.19. The van der Waals surface area contributed by atoms with E-state index in [1.165, 1.54) is 0 Å². The Bertz CT molecular complexity index is 530. The normalized spacial score (nSPS) is 10.8. The zero-order chi connectivity index (χ0) is 13.9. The van der Waals surface area contributed by atoms with Crippen LogP contribution in [0.25, 0.3) is 0 Å². The average Bonchev–Trinajstić information content (AvgIpc) is 2.13. The van der Waals surface area contributed by atoms with Crippen LogP contribution in [0.4, 0.5) is 16.3 Å². The van der Waals surface area contributed by atoms with Gasteiger partial charge in [-0.25, -0.2) is 9.59 Å². The van der Waals surface area contributed by atoms with Gasteiger partial charge in [0, 0.05) is 0 Å². The first-order valence-corrected chi connectivity index (χ1v) is 4.93. The second kappa shape index (κ2) is 4.82. The molecule has 0 aliphatic heterocycles. The lowest BCUT2D eigenvalue weighted by Gasteiger charge is -2.19. The zero-order valence-electron chi connectivity index (χ0n) is 10.0. The summed E-state index contributed by atoms with van der Waals surface area (Å²) in [5.74, 6) is -0.366. The number of carbonyl (C=O) groups is 1. The van der Waals surface area contributed by atoms with Crippen LogP contribution in [0.1, 0.15) is 20.8 Å². The Kier molecular flexibility index (Phi) is 3.64. The lowest BCUT2D eigenvalue weighted by Crippen LogP contribution is -2.28. The molecule has 0 fully saturated rings. The minimum absolute atomic E-state index is 0.366. The van der Waals surface area contributed by atoms with Crippen LogP contribution in [0.2, 0.25) is 0 Å². The van der Waals surface area contributed by atoms with E-state index in [9.17, 15) is 19.7 Å². The van der Waals surface area contributed by atoms with Crippen molar-refractivity contribution in [3.8, 4) is 0 Å². The minimum Gasteiger partial charge on any atom is -0.444 e. The number of nitrogens with one attached hydrogen (secondary N) is 2. The molecule has 0 saturated carbocycles. The Morgan fingerprint density at radius 1 is 1.56 bits per heavy atom. The Morgan fingerprint density at radius 2 is 2.17 bits per heavy atom. The van der Waals surface area contributed by atoms with Crippen molar-refractivity contribution in [3.05, 3.63) is 26.8 Å². The first kappa shape index (κ1) is 13.6. The molecular formula is C9H12N4O5. The molecule has 0 aromatic carbocycles. The highest BCUT2D eigenvalue weighted by atomic mass is 16.6. The van der Waals surface area contributed by atoms with Gasteiger partial charge >= 0.3 is 17.5 Å². The van der Waals surface area contributed by atoms with E-state index >= 15 is 0 Å². The number of nitro groups is 1. The lowest BCUT2D eigenvalue weighted by atomic mass is 10.2. The van der Waals surface area contributed by atoms with Gasteiger partial charge in [-0.3, -0.25) is 20.4 Å². The molecule has 2 N–H and O–H groups in total. The number of anilines is 1. The van der Waals surface area contributed by atoms with Gasteiger partial charge in [-0.15, -0.1) is 0 Å². The molecule has 0 bridgehead atoms. The second-order valence-electron chi connectivity index (χ2n) is 4.33. The van der Waals surface area contributed by atoms with E-state index in [1.807, 2.05) is 0 Å². The average molecular weight is 256 g/mol. The summed E-state index contributed by atoms with van der Waals surface area (Å²) in [5, 5.41) is 12.7. The summed E-state index contributed by atoms with van der Waals surface area (Å²) in [6, 6.07) is 0. The van der Waals surface area contributed by atoms with Crippen molar-refractivity contribution in [1.82, 2.24) is 9.97 Å². The summed E-state index contributed by atoms with van der Waals surface area (Å²) in [7, 11) is 0. The fraction of sp³-hybridized carbons (Fsp3) is 0.444. The van der Waals surface area contributed by atoms with Crippen molar-refractivity contribution in [2.24, 2.45) is 0 Å². The van der Waals surface area contributed by atoms with E-state index in [4.69, 9.17) is 4.74 Å². The third kappa shape index (κ3) is 3.85. The van der Waals surface area contributed by atoms with E-state index < -0.39 is 28.0 Å². The number of rotatable bonds is 2. The highest BCUT2D eigenvalue weighted by molar-refractivity contribution is 5.86. The second-order valence-corrected chi connectivity index (χ2v) is 4.33. The zero-order valence-corrected chi connectivity index (χ0v) is 10.0. The fourth-order valence-electron chi connectivity index (χ4n) is 1.03. The number of carbonyl (C=O) groups excluding carboxylic acids is 1. The molecule has 0 aliphatic rings. The first-order chi connectivity index (χ1) is 8.19. The fourth-order valence-corrected chi connectivity index (χ4v) is 1.03. The van der Waals surface area contributed by atoms with Crippen molar-refractivity contribution in [1.29, 1.82) is 0 Å². The van der Waals surface area contributed by atoms with Crippen LogP contribution >= 0.6 is 0 Å². The van der Waals surface area contributed by atoms with Gasteiger partial charge in [-0.05, 0) is 20.8 Å². The predicted molar refractivity (Wildman–Crippen MR) is 61.4 cm³/mol. The number of hydrogen-bond acceptors (Lipinski definition) is 6. The number of hydrogen-bond donors (Lipinski definition) is 2. The van der Waals surface area contributed by atoms with Gasteiger partial charge in [-0.2, -0.15) is 4.98 Å². The molecule has 1 amide bonds. The van der Waals surface area contributed by atoms with Crippen LogP contribution < -0.4 is 11.0 Å². The number of amides is 1. The quantitative estimate of drug-likeness (QED) is 0.600. The van der Waals surface area contributed by atoms with Gasteiger partial charge in [0.05, 0.1) is 4.92 Å². The van der Waals surface area contributed by atoms with Crippen LogP contribution in [0.15, 0.2) is 11.0 Å². The minimum atomic E-state index is -0.910. The van der Waals surface area contributed by atoms with Crippen molar-refractivity contribution >= 4 is 17.6 Å². The smallest absolute Gasteiger partial charge is 0.413 e. The molecule has 1 aromatic rings. The van der Waals surface area contributed by atoms with Crippen LogP contribution in [0.3, 0.4) is 0 Å². The van der Waals surface area contributed by atoms with Gasteiger partial charge in [0.2, 0.25) is 0 Å². The van der Waals surface area contributed by atoms with E-state index in [0.717, 1.165) is 6.20 Å². The van der Waals surface area contributed by atoms with E-state index in [2.05, 4.69) is 15.3 Å². The summed E-state index contributed by atoms with van der Waals surface area (Å²) in [6.45, 7) is 4.91. The van der Waals surface area contributed by atoms with Gasteiger partial charge in [0.25, 0.3) is 0 Å². The van der Waals surface area contributed by atoms with Crippen molar-refractivity contribution in [2.75, 3.05) is 5.32 Å². The van der Waals surface area contributed by atoms with Crippen molar-refractivity contribution < 1.29 is 14.5 Å². The number of aromatic nitrogens is 2.